The zero-order valence-electron chi connectivity index (χ0n) is 10.8. The Morgan fingerprint density at radius 2 is 2.44 bits per heavy atom. The molecule has 1 fully saturated rings. The number of nitrogens with zero attached hydrogens (tertiary/aromatic N) is 2. The molecule has 0 unspecified atom stereocenters. The first kappa shape index (κ1) is 13.0. The van der Waals surface area contributed by atoms with Crippen LogP contribution in [0.1, 0.15) is 36.7 Å². The molecule has 0 saturated carbocycles. The highest BCUT2D eigenvalue weighted by Crippen LogP contribution is 2.08. The van der Waals surface area contributed by atoms with Crippen molar-refractivity contribution in [3.8, 4) is 0 Å². The number of nitrogens with one attached hydrogen (secondary N) is 2. The minimum absolute atomic E-state index is 0.186. The first-order valence-electron chi connectivity index (χ1n) is 6.31. The van der Waals surface area contributed by atoms with Gasteiger partial charge in [-0.15, -0.1) is 0 Å². The lowest BCUT2D eigenvalue weighted by atomic mass is 10.0. The van der Waals surface area contributed by atoms with E-state index < -0.39 is 6.10 Å². The SMILES string of the molecule is CC(C)n1cc(C(=O)N[C@@H]2CNCC[C@H]2O)cn1. The molecule has 0 aliphatic carbocycles. The molecule has 2 atom stereocenters. The summed E-state index contributed by atoms with van der Waals surface area (Å²) in [4.78, 5) is 12.0. The molecule has 3 N–H and O–H groups in total. The lowest BCUT2D eigenvalue weighted by molar-refractivity contribution is 0.0755. The van der Waals surface area contributed by atoms with Gasteiger partial charge < -0.3 is 15.7 Å². The lowest BCUT2D eigenvalue weighted by Gasteiger charge is -2.28. The van der Waals surface area contributed by atoms with Crippen molar-refractivity contribution in [1.29, 1.82) is 0 Å². The van der Waals surface area contributed by atoms with Crippen LogP contribution in [0.5, 0.6) is 0 Å². The van der Waals surface area contributed by atoms with Gasteiger partial charge in [0.05, 0.1) is 23.9 Å². The molecule has 1 aromatic rings. The van der Waals surface area contributed by atoms with Crippen LogP contribution in [-0.4, -0.2) is 46.0 Å². The summed E-state index contributed by atoms with van der Waals surface area (Å²) in [7, 11) is 0. The quantitative estimate of drug-likeness (QED) is 0.703. The Hall–Kier alpha value is -1.40. The molecular formula is C12H20N4O2. The molecule has 1 aliphatic rings. The van der Waals surface area contributed by atoms with E-state index >= 15 is 0 Å². The van der Waals surface area contributed by atoms with E-state index in [2.05, 4.69) is 15.7 Å². The van der Waals surface area contributed by atoms with Gasteiger partial charge in [-0.2, -0.15) is 5.10 Å². The van der Waals surface area contributed by atoms with Crippen LogP contribution in [0.2, 0.25) is 0 Å². The largest absolute Gasteiger partial charge is 0.391 e. The van der Waals surface area contributed by atoms with Gasteiger partial charge in [0.1, 0.15) is 0 Å². The fraction of sp³-hybridized carbons (Fsp3) is 0.667. The number of aliphatic hydroxyl groups is 1. The minimum Gasteiger partial charge on any atom is -0.391 e. The van der Waals surface area contributed by atoms with E-state index in [0.717, 1.165) is 6.54 Å². The average molecular weight is 252 g/mol. The zero-order valence-corrected chi connectivity index (χ0v) is 10.8. The van der Waals surface area contributed by atoms with Crippen LogP contribution in [0.25, 0.3) is 0 Å². The van der Waals surface area contributed by atoms with Crippen molar-refractivity contribution in [2.75, 3.05) is 13.1 Å². The third kappa shape index (κ3) is 2.88. The Morgan fingerprint density at radius 1 is 1.67 bits per heavy atom. The fourth-order valence-corrected chi connectivity index (χ4v) is 1.98. The summed E-state index contributed by atoms with van der Waals surface area (Å²) in [5.41, 5.74) is 0.529. The highest BCUT2D eigenvalue weighted by Gasteiger charge is 2.25. The number of rotatable bonds is 3. The molecule has 2 rings (SSSR count). The van der Waals surface area contributed by atoms with Crippen molar-refractivity contribution in [3.63, 3.8) is 0 Å². The van der Waals surface area contributed by atoms with E-state index in [1.807, 2.05) is 13.8 Å². The summed E-state index contributed by atoms with van der Waals surface area (Å²) in [6.45, 7) is 5.40. The Bertz CT molecular complexity index is 416. The average Bonchev–Trinajstić information content (AvgIpc) is 2.81. The molecule has 1 saturated heterocycles. The van der Waals surface area contributed by atoms with E-state index in [4.69, 9.17) is 0 Å². The Balaban J connectivity index is 1.98. The third-order valence-corrected chi connectivity index (χ3v) is 3.15. The highest BCUT2D eigenvalue weighted by atomic mass is 16.3. The van der Waals surface area contributed by atoms with Crippen molar-refractivity contribution < 1.29 is 9.90 Å². The molecule has 6 heteroatoms. The van der Waals surface area contributed by atoms with Gasteiger partial charge in [0.25, 0.3) is 5.91 Å². The van der Waals surface area contributed by atoms with Crippen molar-refractivity contribution >= 4 is 5.91 Å². The second-order valence-corrected chi connectivity index (χ2v) is 4.94. The second-order valence-electron chi connectivity index (χ2n) is 4.94. The Kier molecular flexibility index (Phi) is 3.98. The van der Waals surface area contributed by atoms with E-state index in [1.54, 1.807) is 17.1 Å². The summed E-state index contributed by atoms with van der Waals surface area (Å²) < 4.78 is 1.74. The predicted octanol–water partition coefficient (Wildman–Crippen LogP) is -0.0834. The molecule has 6 nitrogen and oxygen atoms in total. The van der Waals surface area contributed by atoms with E-state index in [0.29, 0.717) is 18.5 Å². The molecule has 0 spiro atoms. The van der Waals surface area contributed by atoms with Gasteiger partial charge in [0.2, 0.25) is 0 Å². The predicted molar refractivity (Wildman–Crippen MR) is 67.4 cm³/mol. The van der Waals surface area contributed by atoms with Crippen LogP contribution >= 0.6 is 0 Å². The molecule has 1 aliphatic heterocycles. The molecule has 0 aromatic carbocycles. The topological polar surface area (TPSA) is 79.2 Å². The normalized spacial score (nSPS) is 24.2. The monoisotopic (exact) mass is 252 g/mol. The number of amides is 1. The zero-order chi connectivity index (χ0) is 13.1. The van der Waals surface area contributed by atoms with Gasteiger partial charge in [0, 0.05) is 18.8 Å². The van der Waals surface area contributed by atoms with Gasteiger partial charge >= 0.3 is 0 Å². The van der Waals surface area contributed by atoms with Gasteiger partial charge in [-0.3, -0.25) is 9.48 Å². The molecule has 1 amide bonds. The maximum absolute atomic E-state index is 12.0. The Labute approximate surface area is 106 Å². The van der Waals surface area contributed by atoms with Gasteiger partial charge in [-0.25, -0.2) is 0 Å². The second kappa shape index (κ2) is 5.49. The lowest BCUT2D eigenvalue weighted by Crippen LogP contribution is -2.53. The van der Waals surface area contributed by atoms with Crippen LogP contribution in [-0.2, 0) is 0 Å². The number of aromatic nitrogens is 2. The molecule has 0 bridgehead atoms. The fourth-order valence-electron chi connectivity index (χ4n) is 1.98. The van der Waals surface area contributed by atoms with E-state index in [1.165, 1.54) is 0 Å². The summed E-state index contributed by atoms with van der Waals surface area (Å²) in [6.07, 6.45) is 3.46. The minimum atomic E-state index is -0.477. The summed E-state index contributed by atoms with van der Waals surface area (Å²) in [5, 5.41) is 19.9. The molecule has 18 heavy (non-hydrogen) atoms. The number of carbonyl (C=O) groups is 1. The highest BCUT2D eigenvalue weighted by molar-refractivity contribution is 5.93. The van der Waals surface area contributed by atoms with Gasteiger partial charge in [0.15, 0.2) is 0 Å². The Morgan fingerprint density at radius 3 is 3.06 bits per heavy atom. The summed E-state index contributed by atoms with van der Waals surface area (Å²) in [6, 6.07) is 0.00198. The number of piperidine rings is 1. The molecule has 100 valence electrons. The van der Waals surface area contributed by atoms with Crippen molar-refractivity contribution in [3.05, 3.63) is 18.0 Å². The molecule has 2 heterocycles. The molecule has 0 radical (unpaired) electrons. The summed E-state index contributed by atoms with van der Waals surface area (Å²) in [5.74, 6) is -0.186. The first-order valence-corrected chi connectivity index (χ1v) is 6.31. The van der Waals surface area contributed by atoms with Crippen molar-refractivity contribution in [1.82, 2.24) is 20.4 Å². The first-order chi connectivity index (χ1) is 8.58. The van der Waals surface area contributed by atoms with Crippen LogP contribution in [0.15, 0.2) is 12.4 Å². The van der Waals surface area contributed by atoms with Gasteiger partial charge in [-0.05, 0) is 26.8 Å². The molecular weight excluding hydrogens is 232 g/mol. The van der Waals surface area contributed by atoms with Crippen LogP contribution in [0, 0.1) is 0 Å². The van der Waals surface area contributed by atoms with Crippen molar-refractivity contribution in [2.45, 2.75) is 38.5 Å². The maximum Gasteiger partial charge on any atom is 0.254 e. The van der Waals surface area contributed by atoms with Crippen LogP contribution < -0.4 is 10.6 Å². The smallest absolute Gasteiger partial charge is 0.254 e. The van der Waals surface area contributed by atoms with Crippen LogP contribution in [0.3, 0.4) is 0 Å². The molecule has 1 aromatic heterocycles. The number of carbonyl (C=O) groups excluding carboxylic acids is 1. The van der Waals surface area contributed by atoms with E-state index in [-0.39, 0.29) is 18.0 Å². The standard InChI is InChI=1S/C12H20N4O2/c1-8(2)16-7-9(5-14-16)12(18)15-10-6-13-4-3-11(10)17/h5,7-8,10-11,13,17H,3-4,6H2,1-2H3,(H,15,18)/t10-,11-/m1/s1. The number of hydrogen-bond donors (Lipinski definition) is 3. The number of hydrogen-bond acceptors (Lipinski definition) is 4. The van der Waals surface area contributed by atoms with Crippen LogP contribution in [0.4, 0.5) is 0 Å². The third-order valence-electron chi connectivity index (χ3n) is 3.15. The van der Waals surface area contributed by atoms with E-state index in [9.17, 15) is 9.90 Å². The van der Waals surface area contributed by atoms with Crippen molar-refractivity contribution in [2.24, 2.45) is 0 Å². The number of aliphatic hydroxyl groups excluding tert-OH is 1. The summed E-state index contributed by atoms with van der Waals surface area (Å²) >= 11 is 0. The van der Waals surface area contributed by atoms with Gasteiger partial charge in [-0.1, -0.05) is 0 Å². The maximum atomic E-state index is 12.0.